The molecule has 0 heterocycles. The molecule has 2 heteroatoms. The topological polar surface area (TPSA) is 29.5 Å². The molecular formula is C12H20O2. The highest BCUT2D eigenvalue weighted by molar-refractivity contribution is 5.25. The Morgan fingerprint density at radius 2 is 1.64 bits per heavy atom. The molecule has 1 aromatic rings. The highest BCUT2D eigenvalue weighted by atomic mass is 16.4. The van der Waals surface area contributed by atoms with Crippen LogP contribution in [0.1, 0.15) is 25.3 Å². The lowest BCUT2D eigenvalue weighted by atomic mass is 10.1. The zero-order chi connectivity index (χ0) is 10.8. The molecule has 0 atom stereocenters. The van der Waals surface area contributed by atoms with E-state index in [1.54, 1.807) is 26.4 Å². The van der Waals surface area contributed by atoms with Gasteiger partial charge >= 0.3 is 0 Å². The molecule has 2 nitrogen and oxygen atoms in total. The summed E-state index contributed by atoms with van der Waals surface area (Å²) in [5.41, 5.74) is 1.31. The molecule has 1 rings (SSSR count). The molecule has 0 bridgehead atoms. The van der Waals surface area contributed by atoms with Gasteiger partial charge in [-0.05, 0) is 30.5 Å². The standard InChI is InChI=1S/C10H14O.C2H6O/c1-2-3-4-9-5-7-10(11)8-6-9;1-3-2/h5-8,11H,2-4H2,1H3;1-2H3. The van der Waals surface area contributed by atoms with Gasteiger partial charge in [-0.25, -0.2) is 0 Å². The van der Waals surface area contributed by atoms with Crippen molar-refractivity contribution < 1.29 is 9.84 Å². The Kier molecular flexibility index (Phi) is 7.95. The van der Waals surface area contributed by atoms with Crippen molar-refractivity contribution in [2.45, 2.75) is 26.2 Å². The zero-order valence-corrected chi connectivity index (χ0v) is 9.29. The van der Waals surface area contributed by atoms with Crippen LogP contribution in [0.3, 0.4) is 0 Å². The third kappa shape index (κ3) is 6.49. The second-order valence-electron chi connectivity index (χ2n) is 3.18. The summed E-state index contributed by atoms with van der Waals surface area (Å²) < 4.78 is 4.25. The number of benzene rings is 1. The van der Waals surface area contributed by atoms with Crippen LogP contribution in [-0.4, -0.2) is 19.3 Å². The van der Waals surface area contributed by atoms with Crippen LogP contribution in [0.25, 0.3) is 0 Å². The highest BCUT2D eigenvalue weighted by Gasteiger charge is 1.91. The fourth-order valence-corrected chi connectivity index (χ4v) is 1.04. The van der Waals surface area contributed by atoms with Crippen molar-refractivity contribution in [3.05, 3.63) is 29.8 Å². The second-order valence-corrected chi connectivity index (χ2v) is 3.18. The Morgan fingerprint density at radius 1 is 1.14 bits per heavy atom. The van der Waals surface area contributed by atoms with E-state index in [1.807, 2.05) is 12.1 Å². The summed E-state index contributed by atoms with van der Waals surface area (Å²) >= 11 is 0. The molecule has 0 aliphatic rings. The number of aromatic hydroxyl groups is 1. The third-order valence-corrected chi connectivity index (χ3v) is 1.76. The van der Waals surface area contributed by atoms with E-state index in [-0.39, 0.29) is 0 Å². The van der Waals surface area contributed by atoms with Crippen molar-refractivity contribution in [1.82, 2.24) is 0 Å². The van der Waals surface area contributed by atoms with Gasteiger partial charge in [0.05, 0.1) is 0 Å². The Hall–Kier alpha value is -1.02. The van der Waals surface area contributed by atoms with Crippen LogP contribution in [0.4, 0.5) is 0 Å². The van der Waals surface area contributed by atoms with Crippen molar-refractivity contribution in [3.8, 4) is 5.75 Å². The smallest absolute Gasteiger partial charge is 0.115 e. The van der Waals surface area contributed by atoms with E-state index >= 15 is 0 Å². The Labute approximate surface area is 86.5 Å². The van der Waals surface area contributed by atoms with Crippen LogP contribution in [-0.2, 0) is 11.2 Å². The molecule has 1 N–H and O–H groups in total. The molecule has 0 aromatic heterocycles. The quantitative estimate of drug-likeness (QED) is 0.805. The molecule has 0 aliphatic carbocycles. The summed E-state index contributed by atoms with van der Waals surface area (Å²) in [4.78, 5) is 0. The van der Waals surface area contributed by atoms with Gasteiger partial charge in [0.15, 0.2) is 0 Å². The van der Waals surface area contributed by atoms with Crippen molar-refractivity contribution in [2.24, 2.45) is 0 Å². The predicted octanol–water partition coefficient (Wildman–Crippen LogP) is 3.00. The molecule has 0 saturated heterocycles. The summed E-state index contributed by atoms with van der Waals surface area (Å²) in [5.74, 6) is 0.352. The van der Waals surface area contributed by atoms with E-state index < -0.39 is 0 Å². The van der Waals surface area contributed by atoms with E-state index in [0.29, 0.717) is 5.75 Å². The van der Waals surface area contributed by atoms with E-state index in [1.165, 1.54) is 18.4 Å². The van der Waals surface area contributed by atoms with E-state index in [9.17, 15) is 0 Å². The van der Waals surface area contributed by atoms with Crippen LogP contribution in [0.15, 0.2) is 24.3 Å². The number of phenolic OH excluding ortho intramolecular Hbond substituents is 1. The van der Waals surface area contributed by atoms with Crippen molar-refractivity contribution in [1.29, 1.82) is 0 Å². The van der Waals surface area contributed by atoms with Crippen LogP contribution in [0.5, 0.6) is 5.75 Å². The molecular weight excluding hydrogens is 176 g/mol. The summed E-state index contributed by atoms with van der Waals surface area (Å²) in [7, 11) is 3.25. The van der Waals surface area contributed by atoms with Gasteiger partial charge in [-0.15, -0.1) is 0 Å². The lowest BCUT2D eigenvalue weighted by Gasteiger charge is -1.98. The lowest BCUT2D eigenvalue weighted by Crippen LogP contribution is -1.82. The maximum Gasteiger partial charge on any atom is 0.115 e. The summed E-state index contributed by atoms with van der Waals surface area (Å²) in [6, 6.07) is 7.44. The Morgan fingerprint density at radius 3 is 2.07 bits per heavy atom. The minimum Gasteiger partial charge on any atom is -0.508 e. The molecule has 0 unspecified atom stereocenters. The molecule has 1 aromatic carbocycles. The molecule has 0 spiro atoms. The van der Waals surface area contributed by atoms with Crippen LogP contribution in [0, 0.1) is 0 Å². The van der Waals surface area contributed by atoms with Crippen LogP contribution in [0.2, 0.25) is 0 Å². The number of aryl methyl sites for hydroxylation is 1. The molecule has 0 fully saturated rings. The van der Waals surface area contributed by atoms with Gasteiger partial charge in [-0.1, -0.05) is 25.5 Å². The molecule has 0 saturated carbocycles. The summed E-state index contributed by atoms with van der Waals surface area (Å²) in [6.45, 7) is 2.18. The predicted molar refractivity (Wildman–Crippen MR) is 59.7 cm³/mol. The average Bonchev–Trinajstić information content (AvgIpc) is 2.18. The first-order valence-corrected chi connectivity index (χ1v) is 4.92. The first-order valence-electron chi connectivity index (χ1n) is 4.92. The summed E-state index contributed by atoms with van der Waals surface area (Å²) in [5, 5.41) is 8.98. The van der Waals surface area contributed by atoms with Crippen molar-refractivity contribution in [3.63, 3.8) is 0 Å². The van der Waals surface area contributed by atoms with Gasteiger partial charge in [0.2, 0.25) is 0 Å². The highest BCUT2D eigenvalue weighted by Crippen LogP contribution is 2.11. The number of phenols is 1. The first kappa shape index (κ1) is 13.0. The summed E-state index contributed by atoms with van der Waals surface area (Å²) in [6.07, 6.45) is 3.57. The SMILES string of the molecule is CCCCc1ccc(O)cc1.COC. The Balaban J connectivity index is 0.000000500. The fraction of sp³-hybridized carbons (Fsp3) is 0.500. The average molecular weight is 196 g/mol. The first-order chi connectivity index (χ1) is 6.74. The maximum atomic E-state index is 8.98. The maximum absolute atomic E-state index is 8.98. The van der Waals surface area contributed by atoms with Crippen LogP contribution >= 0.6 is 0 Å². The number of methoxy groups -OCH3 is 1. The number of rotatable bonds is 3. The molecule has 0 amide bonds. The number of hydrogen-bond acceptors (Lipinski definition) is 2. The van der Waals surface area contributed by atoms with E-state index in [2.05, 4.69) is 11.7 Å². The fourth-order valence-electron chi connectivity index (χ4n) is 1.04. The normalized spacial score (nSPS) is 9.07. The zero-order valence-electron chi connectivity index (χ0n) is 9.29. The van der Waals surface area contributed by atoms with Gasteiger partial charge < -0.3 is 9.84 Å². The second kappa shape index (κ2) is 8.57. The van der Waals surface area contributed by atoms with Crippen molar-refractivity contribution in [2.75, 3.05) is 14.2 Å². The lowest BCUT2D eigenvalue weighted by molar-refractivity contribution is 0.277. The minimum atomic E-state index is 0.352. The van der Waals surface area contributed by atoms with Crippen LogP contribution < -0.4 is 0 Å². The molecule has 0 radical (unpaired) electrons. The Bertz CT molecular complexity index is 216. The van der Waals surface area contributed by atoms with Gasteiger partial charge in [-0.3, -0.25) is 0 Å². The van der Waals surface area contributed by atoms with Gasteiger partial charge in [0.25, 0.3) is 0 Å². The van der Waals surface area contributed by atoms with E-state index in [0.717, 1.165) is 6.42 Å². The molecule has 14 heavy (non-hydrogen) atoms. The molecule has 0 aliphatic heterocycles. The number of ether oxygens (including phenoxy) is 1. The van der Waals surface area contributed by atoms with Gasteiger partial charge in [-0.2, -0.15) is 0 Å². The van der Waals surface area contributed by atoms with Gasteiger partial charge in [0.1, 0.15) is 5.75 Å². The number of unbranched alkanes of at least 4 members (excludes halogenated alkanes) is 1. The van der Waals surface area contributed by atoms with E-state index in [4.69, 9.17) is 5.11 Å². The third-order valence-electron chi connectivity index (χ3n) is 1.76. The minimum absolute atomic E-state index is 0.352. The molecule has 80 valence electrons. The van der Waals surface area contributed by atoms with Crippen molar-refractivity contribution >= 4 is 0 Å². The largest absolute Gasteiger partial charge is 0.508 e. The number of hydrogen-bond donors (Lipinski definition) is 1. The monoisotopic (exact) mass is 196 g/mol. The van der Waals surface area contributed by atoms with Gasteiger partial charge in [0, 0.05) is 14.2 Å².